The topological polar surface area (TPSA) is 32.3 Å². The Kier molecular flexibility index (Phi) is 4.59. The second-order valence-electron chi connectivity index (χ2n) is 5.23. The molecule has 1 amide bonds. The monoisotopic (exact) mass is 260 g/mol. The third kappa shape index (κ3) is 3.16. The molecule has 1 aliphatic carbocycles. The van der Waals surface area contributed by atoms with Gasteiger partial charge in [0.2, 0.25) is 5.91 Å². The number of benzene rings is 1. The highest BCUT2D eigenvalue weighted by Gasteiger charge is 2.50. The molecule has 104 valence electrons. The first kappa shape index (κ1) is 14.1. The number of nitrogens with one attached hydrogen (secondary N) is 1. The smallest absolute Gasteiger partial charge is 0.230 e. The molecule has 2 rings (SSSR count). The minimum atomic E-state index is -0.232. The molecular weight excluding hydrogens is 236 g/mol. The molecule has 0 heterocycles. The Morgan fingerprint density at radius 2 is 1.84 bits per heavy atom. The number of nitrogens with zero attached hydrogens (tertiary/aromatic N) is 1. The van der Waals surface area contributed by atoms with Crippen molar-refractivity contribution in [2.75, 3.05) is 26.2 Å². The van der Waals surface area contributed by atoms with Crippen molar-refractivity contribution >= 4 is 5.91 Å². The zero-order chi connectivity index (χ0) is 13.7. The molecule has 3 nitrogen and oxygen atoms in total. The summed E-state index contributed by atoms with van der Waals surface area (Å²) in [5, 5.41) is 3.10. The summed E-state index contributed by atoms with van der Waals surface area (Å²) in [5.74, 6) is 0.200. The van der Waals surface area contributed by atoms with Crippen molar-refractivity contribution in [1.82, 2.24) is 10.2 Å². The number of rotatable bonds is 7. The summed E-state index contributed by atoms with van der Waals surface area (Å²) in [6, 6.07) is 10.2. The zero-order valence-corrected chi connectivity index (χ0v) is 12.0. The molecule has 1 N–H and O–H groups in total. The molecule has 1 fully saturated rings. The van der Waals surface area contributed by atoms with E-state index in [2.05, 4.69) is 36.2 Å². The van der Waals surface area contributed by atoms with E-state index in [-0.39, 0.29) is 11.3 Å². The van der Waals surface area contributed by atoms with E-state index in [1.807, 2.05) is 18.2 Å². The molecule has 1 saturated carbocycles. The highest BCUT2D eigenvalue weighted by atomic mass is 16.2. The number of carbonyl (C=O) groups excluding carboxylic acids is 1. The molecule has 0 bridgehead atoms. The van der Waals surface area contributed by atoms with E-state index in [4.69, 9.17) is 0 Å². The maximum absolute atomic E-state index is 12.4. The van der Waals surface area contributed by atoms with Crippen LogP contribution in [0.5, 0.6) is 0 Å². The molecule has 0 radical (unpaired) electrons. The van der Waals surface area contributed by atoms with Crippen LogP contribution in [0, 0.1) is 0 Å². The highest BCUT2D eigenvalue weighted by molar-refractivity contribution is 5.91. The molecule has 0 atom stereocenters. The molecule has 1 aromatic carbocycles. The molecule has 0 spiro atoms. The lowest BCUT2D eigenvalue weighted by Crippen LogP contribution is -2.39. The first-order chi connectivity index (χ1) is 9.23. The van der Waals surface area contributed by atoms with E-state index in [9.17, 15) is 4.79 Å². The number of carbonyl (C=O) groups is 1. The summed E-state index contributed by atoms with van der Waals surface area (Å²) >= 11 is 0. The van der Waals surface area contributed by atoms with Gasteiger partial charge in [-0.15, -0.1) is 0 Å². The van der Waals surface area contributed by atoms with Gasteiger partial charge in [0.05, 0.1) is 5.41 Å². The van der Waals surface area contributed by atoms with Crippen LogP contribution < -0.4 is 5.32 Å². The van der Waals surface area contributed by atoms with Gasteiger partial charge in [-0.05, 0) is 31.5 Å². The fourth-order valence-corrected chi connectivity index (χ4v) is 2.57. The van der Waals surface area contributed by atoms with Crippen LogP contribution in [0.25, 0.3) is 0 Å². The highest BCUT2D eigenvalue weighted by Crippen LogP contribution is 2.48. The van der Waals surface area contributed by atoms with Crippen LogP contribution in [-0.4, -0.2) is 37.0 Å². The maximum atomic E-state index is 12.4. The Labute approximate surface area is 116 Å². The molecule has 0 saturated heterocycles. The lowest BCUT2D eigenvalue weighted by Gasteiger charge is -2.20. The van der Waals surface area contributed by atoms with Gasteiger partial charge in [-0.1, -0.05) is 44.2 Å². The summed E-state index contributed by atoms with van der Waals surface area (Å²) in [6.45, 7) is 8.06. The predicted octanol–water partition coefficient (Wildman–Crippen LogP) is 2.18. The third-order valence-electron chi connectivity index (χ3n) is 4.12. The second-order valence-corrected chi connectivity index (χ2v) is 5.23. The van der Waals surface area contributed by atoms with Crippen LogP contribution >= 0.6 is 0 Å². The van der Waals surface area contributed by atoms with E-state index in [1.165, 1.54) is 0 Å². The summed E-state index contributed by atoms with van der Waals surface area (Å²) < 4.78 is 0. The SMILES string of the molecule is CCN(CC)CCNC(=O)C1(c2ccccc2)CC1. The first-order valence-electron chi connectivity index (χ1n) is 7.29. The average Bonchev–Trinajstić information content (AvgIpc) is 3.26. The van der Waals surface area contributed by atoms with Crippen LogP contribution in [0.15, 0.2) is 30.3 Å². The summed E-state index contributed by atoms with van der Waals surface area (Å²) in [7, 11) is 0. The molecule has 0 unspecified atom stereocenters. The fourth-order valence-electron chi connectivity index (χ4n) is 2.57. The van der Waals surface area contributed by atoms with Gasteiger partial charge in [0.1, 0.15) is 0 Å². The Morgan fingerprint density at radius 1 is 1.21 bits per heavy atom. The van der Waals surface area contributed by atoms with Crippen molar-refractivity contribution in [3.8, 4) is 0 Å². The van der Waals surface area contributed by atoms with E-state index >= 15 is 0 Å². The number of likely N-dealkylation sites (N-methyl/N-ethyl adjacent to an activating group) is 1. The van der Waals surface area contributed by atoms with Crippen LogP contribution in [0.3, 0.4) is 0 Å². The summed E-state index contributed by atoms with van der Waals surface area (Å²) in [4.78, 5) is 14.7. The predicted molar refractivity (Wildman–Crippen MR) is 78.2 cm³/mol. The molecule has 3 heteroatoms. The van der Waals surface area contributed by atoms with Gasteiger partial charge in [-0.3, -0.25) is 4.79 Å². The van der Waals surface area contributed by atoms with E-state index < -0.39 is 0 Å². The molecule has 0 aliphatic heterocycles. The molecular formula is C16H24N2O. The van der Waals surface area contributed by atoms with Crippen molar-refractivity contribution in [3.63, 3.8) is 0 Å². The Bertz CT molecular complexity index is 408. The minimum absolute atomic E-state index is 0.200. The standard InChI is InChI=1S/C16H24N2O/c1-3-18(4-2)13-12-17-15(19)16(10-11-16)14-8-6-5-7-9-14/h5-9H,3-4,10-13H2,1-2H3,(H,17,19). The van der Waals surface area contributed by atoms with Crippen molar-refractivity contribution in [2.45, 2.75) is 32.1 Å². The largest absolute Gasteiger partial charge is 0.354 e. The quantitative estimate of drug-likeness (QED) is 0.815. The van der Waals surface area contributed by atoms with Gasteiger partial charge in [0.25, 0.3) is 0 Å². The number of hydrogen-bond acceptors (Lipinski definition) is 2. The van der Waals surface area contributed by atoms with Crippen LogP contribution in [0.4, 0.5) is 0 Å². The van der Waals surface area contributed by atoms with E-state index in [0.29, 0.717) is 0 Å². The Balaban J connectivity index is 1.87. The van der Waals surface area contributed by atoms with Gasteiger partial charge in [-0.2, -0.15) is 0 Å². The van der Waals surface area contributed by atoms with Crippen LogP contribution in [-0.2, 0) is 10.2 Å². The van der Waals surface area contributed by atoms with Gasteiger partial charge >= 0.3 is 0 Å². The van der Waals surface area contributed by atoms with Crippen LogP contribution in [0.1, 0.15) is 32.3 Å². The Morgan fingerprint density at radius 3 is 2.37 bits per heavy atom. The van der Waals surface area contributed by atoms with Gasteiger partial charge in [0, 0.05) is 13.1 Å². The zero-order valence-electron chi connectivity index (χ0n) is 12.0. The molecule has 0 aromatic heterocycles. The van der Waals surface area contributed by atoms with Crippen molar-refractivity contribution < 1.29 is 4.79 Å². The minimum Gasteiger partial charge on any atom is -0.354 e. The van der Waals surface area contributed by atoms with Crippen LogP contribution in [0.2, 0.25) is 0 Å². The summed E-state index contributed by atoms with van der Waals surface area (Å²) in [5.41, 5.74) is 0.931. The van der Waals surface area contributed by atoms with Crippen molar-refractivity contribution in [1.29, 1.82) is 0 Å². The second kappa shape index (κ2) is 6.20. The van der Waals surface area contributed by atoms with Gasteiger partial charge < -0.3 is 10.2 Å². The number of hydrogen-bond donors (Lipinski definition) is 1. The molecule has 19 heavy (non-hydrogen) atoms. The maximum Gasteiger partial charge on any atom is 0.230 e. The fraction of sp³-hybridized carbons (Fsp3) is 0.562. The number of amides is 1. The first-order valence-corrected chi connectivity index (χ1v) is 7.29. The molecule has 1 aliphatic rings. The summed E-state index contributed by atoms with van der Waals surface area (Å²) in [6.07, 6.45) is 1.96. The lowest BCUT2D eigenvalue weighted by atomic mass is 9.95. The third-order valence-corrected chi connectivity index (χ3v) is 4.12. The normalized spacial score (nSPS) is 16.4. The van der Waals surface area contributed by atoms with Gasteiger partial charge in [-0.25, -0.2) is 0 Å². The van der Waals surface area contributed by atoms with Crippen molar-refractivity contribution in [2.24, 2.45) is 0 Å². The van der Waals surface area contributed by atoms with E-state index in [0.717, 1.165) is 44.6 Å². The van der Waals surface area contributed by atoms with Crippen molar-refractivity contribution in [3.05, 3.63) is 35.9 Å². The van der Waals surface area contributed by atoms with Gasteiger partial charge in [0.15, 0.2) is 0 Å². The lowest BCUT2D eigenvalue weighted by molar-refractivity contribution is -0.123. The average molecular weight is 260 g/mol. The van der Waals surface area contributed by atoms with E-state index in [1.54, 1.807) is 0 Å². The Hall–Kier alpha value is -1.35. The molecule has 1 aromatic rings.